The van der Waals surface area contributed by atoms with E-state index in [4.69, 9.17) is 4.52 Å². The molecule has 9 heteroatoms. The summed E-state index contributed by atoms with van der Waals surface area (Å²) >= 11 is 0. The maximum absolute atomic E-state index is 12.9. The van der Waals surface area contributed by atoms with Gasteiger partial charge in [-0.25, -0.2) is 4.79 Å². The second-order valence-corrected chi connectivity index (χ2v) is 6.12. The van der Waals surface area contributed by atoms with Crippen molar-refractivity contribution in [1.82, 2.24) is 20.4 Å². The van der Waals surface area contributed by atoms with Gasteiger partial charge in [-0.3, -0.25) is 0 Å². The van der Waals surface area contributed by atoms with E-state index in [9.17, 15) is 18.0 Å². The van der Waals surface area contributed by atoms with Gasteiger partial charge in [-0.2, -0.15) is 18.2 Å². The molecule has 1 aromatic heterocycles. The van der Waals surface area contributed by atoms with Crippen LogP contribution in [-0.2, 0) is 6.18 Å². The summed E-state index contributed by atoms with van der Waals surface area (Å²) in [6.07, 6.45) is -2.15. The fourth-order valence-corrected chi connectivity index (χ4v) is 2.92. The maximum atomic E-state index is 12.9. The van der Waals surface area contributed by atoms with Crippen molar-refractivity contribution in [2.24, 2.45) is 0 Å². The monoisotopic (exact) mass is 368 g/mol. The molecule has 1 saturated heterocycles. The van der Waals surface area contributed by atoms with Crippen molar-refractivity contribution in [3.8, 4) is 11.4 Å². The molecule has 1 fully saturated rings. The van der Waals surface area contributed by atoms with E-state index in [0.717, 1.165) is 25.0 Å². The minimum absolute atomic E-state index is 0.0758. The van der Waals surface area contributed by atoms with Crippen LogP contribution in [0.3, 0.4) is 0 Å². The predicted octanol–water partition coefficient (Wildman–Crippen LogP) is 4.01. The third-order valence-corrected chi connectivity index (χ3v) is 4.21. The number of rotatable bonds is 4. The van der Waals surface area contributed by atoms with Crippen molar-refractivity contribution in [2.45, 2.75) is 38.4 Å². The number of nitrogens with zero attached hydrogens (tertiary/aromatic N) is 3. The second kappa shape index (κ2) is 7.35. The average Bonchev–Trinajstić information content (AvgIpc) is 3.27. The fraction of sp³-hybridized carbons (Fsp3) is 0.471. The van der Waals surface area contributed by atoms with Crippen LogP contribution in [0.1, 0.15) is 43.7 Å². The van der Waals surface area contributed by atoms with Gasteiger partial charge in [-0.1, -0.05) is 24.2 Å². The SMILES string of the molecule is CCCNC(=O)N1CCC[C@@H]1c1nc(-c2cccc(C(F)(F)F)c2)no1. The van der Waals surface area contributed by atoms with Gasteiger partial charge in [0.15, 0.2) is 0 Å². The molecular weight excluding hydrogens is 349 g/mol. The number of carbonyl (C=O) groups excluding carboxylic acids is 1. The number of nitrogens with one attached hydrogen (secondary N) is 1. The zero-order valence-electron chi connectivity index (χ0n) is 14.2. The van der Waals surface area contributed by atoms with Crippen LogP contribution in [-0.4, -0.2) is 34.2 Å². The van der Waals surface area contributed by atoms with Crippen LogP contribution in [0.2, 0.25) is 0 Å². The Morgan fingerprint density at radius 1 is 1.42 bits per heavy atom. The molecule has 1 aromatic carbocycles. The van der Waals surface area contributed by atoms with Gasteiger partial charge in [-0.05, 0) is 31.4 Å². The Morgan fingerprint density at radius 2 is 2.23 bits per heavy atom. The summed E-state index contributed by atoms with van der Waals surface area (Å²) < 4.78 is 43.8. The van der Waals surface area contributed by atoms with Gasteiger partial charge in [-0.15, -0.1) is 0 Å². The van der Waals surface area contributed by atoms with Gasteiger partial charge in [0.2, 0.25) is 11.7 Å². The smallest absolute Gasteiger partial charge is 0.338 e. The van der Waals surface area contributed by atoms with Crippen LogP contribution in [0.15, 0.2) is 28.8 Å². The van der Waals surface area contributed by atoms with E-state index in [1.54, 1.807) is 4.90 Å². The van der Waals surface area contributed by atoms with Crippen molar-refractivity contribution in [2.75, 3.05) is 13.1 Å². The molecule has 1 aliphatic rings. The third-order valence-electron chi connectivity index (χ3n) is 4.21. The Bertz CT molecular complexity index is 775. The van der Waals surface area contributed by atoms with Crippen molar-refractivity contribution in [1.29, 1.82) is 0 Å². The van der Waals surface area contributed by atoms with Crippen molar-refractivity contribution < 1.29 is 22.5 Å². The lowest BCUT2D eigenvalue weighted by Crippen LogP contribution is -2.39. The third kappa shape index (κ3) is 3.81. The minimum atomic E-state index is -4.44. The summed E-state index contributed by atoms with van der Waals surface area (Å²) in [5.41, 5.74) is -0.558. The molecule has 0 aliphatic carbocycles. The Kier molecular flexibility index (Phi) is 5.15. The lowest BCUT2D eigenvalue weighted by Gasteiger charge is -2.22. The van der Waals surface area contributed by atoms with Gasteiger partial charge in [0, 0.05) is 18.7 Å². The Balaban J connectivity index is 1.80. The summed E-state index contributed by atoms with van der Waals surface area (Å²) in [6, 6.07) is 4.20. The molecule has 1 atom stereocenters. The normalized spacial score (nSPS) is 17.5. The van der Waals surface area contributed by atoms with Crippen molar-refractivity contribution in [3.05, 3.63) is 35.7 Å². The van der Waals surface area contributed by atoms with E-state index < -0.39 is 11.7 Å². The predicted molar refractivity (Wildman–Crippen MR) is 87.1 cm³/mol. The summed E-state index contributed by atoms with van der Waals surface area (Å²) in [5, 5.41) is 6.61. The number of urea groups is 1. The lowest BCUT2D eigenvalue weighted by atomic mass is 10.1. The molecule has 0 bridgehead atoms. The topological polar surface area (TPSA) is 71.3 Å². The van der Waals surface area contributed by atoms with Gasteiger partial charge in [0.25, 0.3) is 0 Å². The molecule has 6 nitrogen and oxygen atoms in total. The molecule has 26 heavy (non-hydrogen) atoms. The quantitative estimate of drug-likeness (QED) is 0.885. The second-order valence-electron chi connectivity index (χ2n) is 6.12. The van der Waals surface area contributed by atoms with Crippen LogP contribution in [0, 0.1) is 0 Å². The molecule has 1 N–H and O–H groups in total. The minimum Gasteiger partial charge on any atom is -0.338 e. The molecule has 0 saturated carbocycles. The van der Waals surface area contributed by atoms with Crippen molar-refractivity contribution in [3.63, 3.8) is 0 Å². The highest BCUT2D eigenvalue weighted by Crippen LogP contribution is 2.34. The van der Waals surface area contributed by atoms with Gasteiger partial charge < -0.3 is 14.7 Å². The first-order chi connectivity index (χ1) is 12.4. The summed E-state index contributed by atoms with van der Waals surface area (Å²) in [5.74, 6) is 0.313. The van der Waals surface area contributed by atoms with Gasteiger partial charge in [0.05, 0.1) is 5.56 Å². The van der Waals surface area contributed by atoms with E-state index >= 15 is 0 Å². The first-order valence-corrected chi connectivity index (χ1v) is 8.46. The highest BCUT2D eigenvalue weighted by molar-refractivity contribution is 5.74. The van der Waals surface area contributed by atoms with Crippen LogP contribution in [0.25, 0.3) is 11.4 Å². The molecule has 2 amide bonds. The summed E-state index contributed by atoms with van der Waals surface area (Å²) in [7, 11) is 0. The maximum Gasteiger partial charge on any atom is 0.416 e. The fourth-order valence-electron chi connectivity index (χ4n) is 2.92. The van der Waals surface area contributed by atoms with Gasteiger partial charge in [0.1, 0.15) is 6.04 Å². The summed E-state index contributed by atoms with van der Waals surface area (Å²) in [6.45, 7) is 3.10. The first kappa shape index (κ1) is 18.2. The lowest BCUT2D eigenvalue weighted by molar-refractivity contribution is -0.137. The standard InChI is InChI=1S/C17H19F3N4O2/c1-2-8-21-16(25)24-9-4-7-13(24)15-22-14(23-26-15)11-5-3-6-12(10-11)17(18,19)20/h3,5-6,10,13H,2,4,7-9H2,1H3,(H,21,25)/t13-/m1/s1. The number of benzene rings is 1. The largest absolute Gasteiger partial charge is 0.416 e. The van der Waals surface area contributed by atoms with E-state index in [0.29, 0.717) is 19.5 Å². The zero-order chi connectivity index (χ0) is 18.7. The number of alkyl halides is 3. The Labute approximate surface area is 148 Å². The molecule has 140 valence electrons. The summed E-state index contributed by atoms with van der Waals surface area (Å²) in [4.78, 5) is 18.1. The van der Waals surface area contributed by atoms with Gasteiger partial charge >= 0.3 is 12.2 Å². The number of aromatic nitrogens is 2. The zero-order valence-corrected chi connectivity index (χ0v) is 14.2. The highest BCUT2D eigenvalue weighted by atomic mass is 19.4. The molecule has 0 spiro atoms. The number of halogens is 3. The van der Waals surface area contributed by atoms with E-state index in [2.05, 4.69) is 15.5 Å². The van der Waals surface area contributed by atoms with Crippen LogP contribution < -0.4 is 5.32 Å². The Morgan fingerprint density at radius 3 is 2.96 bits per heavy atom. The molecule has 2 heterocycles. The van der Waals surface area contributed by atoms with Crippen LogP contribution >= 0.6 is 0 Å². The van der Waals surface area contributed by atoms with Crippen molar-refractivity contribution >= 4 is 6.03 Å². The Hall–Kier alpha value is -2.58. The highest BCUT2D eigenvalue weighted by Gasteiger charge is 2.34. The molecule has 0 unspecified atom stereocenters. The van der Waals surface area contributed by atoms with Crippen LogP contribution in [0.5, 0.6) is 0 Å². The average molecular weight is 368 g/mol. The molecule has 2 aromatic rings. The molecule has 3 rings (SSSR count). The number of hydrogen-bond acceptors (Lipinski definition) is 4. The number of carbonyl (C=O) groups is 1. The van der Waals surface area contributed by atoms with Crippen LogP contribution in [0.4, 0.5) is 18.0 Å². The first-order valence-electron chi connectivity index (χ1n) is 8.46. The van der Waals surface area contributed by atoms with E-state index in [1.807, 2.05) is 6.92 Å². The molecule has 1 aliphatic heterocycles. The molecule has 0 radical (unpaired) electrons. The van der Waals surface area contributed by atoms with E-state index in [1.165, 1.54) is 12.1 Å². The van der Waals surface area contributed by atoms with E-state index in [-0.39, 0.29) is 29.4 Å². The number of amides is 2. The number of hydrogen-bond donors (Lipinski definition) is 1. The number of likely N-dealkylation sites (tertiary alicyclic amines) is 1. The molecular formula is C17H19F3N4O2.